The van der Waals surface area contributed by atoms with Gasteiger partial charge in [-0.15, -0.1) is 0 Å². The number of carbonyl (C=O) groups excluding carboxylic acids is 1. The van der Waals surface area contributed by atoms with E-state index in [1.54, 1.807) is 18.2 Å². The summed E-state index contributed by atoms with van der Waals surface area (Å²) in [4.78, 5) is 24.9. The normalized spacial score (nSPS) is 14.1. The first kappa shape index (κ1) is 18.9. The molecule has 0 unspecified atom stereocenters. The molecule has 1 saturated heterocycles. The largest absolute Gasteiger partial charge is 0.366 e. The summed E-state index contributed by atoms with van der Waals surface area (Å²) in [5.41, 5.74) is 8.95. The van der Waals surface area contributed by atoms with Crippen LogP contribution in [0.3, 0.4) is 0 Å². The lowest BCUT2D eigenvalue weighted by Crippen LogP contribution is -2.47. The van der Waals surface area contributed by atoms with Crippen LogP contribution < -0.4 is 15.5 Å². The fourth-order valence-corrected chi connectivity index (χ4v) is 3.56. The number of amides is 1. The van der Waals surface area contributed by atoms with Gasteiger partial charge < -0.3 is 15.5 Å². The molecule has 0 saturated carbocycles. The monoisotopic (exact) mass is 391 g/mol. The predicted octanol–water partition coefficient (Wildman–Crippen LogP) is 3.02. The summed E-state index contributed by atoms with van der Waals surface area (Å²) < 4.78 is 14.1. The Kier molecular flexibility index (Phi) is 5.12. The average Bonchev–Trinajstić information content (AvgIpc) is 2.74. The molecule has 0 atom stereocenters. The van der Waals surface area contributed by atoms with Gasteiger partial charge in [0.25, 0.3) is 5.91 Å². The van der Waals surface area contributed by atoms with Gasteiger partial charge >= 0.3 is 0 Å². The maximum Gasteiger partial charge on any atom is 0.267 e. The van der Waals surface area contributed by atoms with Crippen molar-refractivity contribution in [2.24, 2.45) is 5.73 Å². The fraction of sp³-hybridized carbons (Fsp3) is 0.227. The topological polar surface area (TPSA) is 75.4 Å². The lowest BCUT2D eigenvalue weighted by Gasteiger charge is -2.36. The van der Waals surface area contributed by atoms with Crippen molar-refractivity contribution in [2.75, 3.05) is 36.0 Å². The van der Waals surface area contributed by atoms with Crippen LogP contribution in [0.4, 0.5) is 16.0 Å². The van der Waals surface area contributed by atoms with E-state index in [1.807, 2.05) is 47.1 Å². The van der Waals surface area contributed by atoms with Gasteiger partial charge in [-0.25, -0.2) is 14.4 Å². The van der Waals surface area contributed by atoms with Gasteiger partial charge in [0.05, 0.1) is 11.4 Å². The number of piperazine rings is 1. The van der Waals surface area contributed by atoms with Crippen LogP contribution in [0.15, 0.2) is 54.6 Å². The Morgan fingerprint density at radius 1 is 0.966 bits per heavy atom. The Morgan fingerprint density at radius 3 is 2.31 bits per heavy atom. The summed E-state index contributed by atoms with van der Waals surface area (Å²) >= 11 is 0. The van der Waals surface area contributed by atoms with E-state index in [0.717, 1.165) is 11.1 Å². The molecule has 1 fully saturated rings. The quantitative estimate of drug-likeness (QED) is 0.740. The molecule has 0 bridgehead atoms. The van der Waals surface area contributed by atoms with Crippen LogP contribution in [0.1, 0.15) is 16.1 Å². The molecular weight excluding hydrogens is 369 g/mol. The number of aryl methyl sites for hydroxylation is 1. The minimum atomic E-state index is -0.589. The van der Waals surface area contributed by atoms with E-state index in [1.165, 1.54) is 6.07 Å². The number of carbonyl (C=O) groups is 1. The zero-order chi connectivity index (χ0) is 20.4. The molecule has 1 aromatic heterocycles. The standard InChI is InChI=1S/C22H22FN5O/c1-15-6-2-3-7-16(15)18-14-19(21(24)29)26-22(25-18)28-12-10-27(11-13-28)20-9-5-4-8-17(20)23/h2-9,14H,10-13H2,1H3,(H2,24,29). The van der Waals surface area contributed by atoms with E-state index in [4.69, 9.17) is 10.7 Å². The summed E-state index contributed by atoms with van der Waals surface area (Å²) in [6.07, 6.45) is 0. The number of para-hydroxylation sites is 1. The highest BCUT2D eigenvalue weighted by atomic mass is 19.1. The molecule has 29 heavy (non-hydrogen) atoms. The number of primary amides is 1. The smallest absolute Gasteiger partial charge is 0.267 e. The first-order valence-corrected chi connectivity index (χ1v) is 9.52. The van der Waals surface area contributed by atoms with E-state index in [2.05, 4.69) is 4.98 Å². The maximum absolute atomic E-state index is 14.1. The van der Waals surface area contributed by atoms with Crippen molar-refractivity contribution in [2.45, 2.75) is 6.92 Å². The van der Waals surface area contributed by atoms with Gasteiger partial charge in [0.2, 0.25) is 5.95 Å². The second-order valence-corrected chi connectivity index (χ2v) is 7.04. The third kappa shape index (κ3) is 3.89. The molecule has 1 aliphatic heterocycles. The molecule has 6 nitrogen and oxygen atoms in total. The predicted molar refractivity (Wildman–Crippen MR) is 112 cm³/mol. The third-order valence-corrected chi connectivity index (χ3v) is 5.14. The maximum atomic E-state index is 14.1. The highest BCUT2D eigenvalue weighted by Gasteiger charge is 2.22. The highest BCUT2D eigenvalue weighted by molar-refractivity contribution is 5.92. The Labute approximate surface area is 168 Å². The van der Waals surface area contributed by atoms with Crippen molar-refractivity contribution in [3.05, 3.63) is 71.7 Å². The van der Waals surface area contributed by atoms with Crippen molar-refractivity contribution in [1.82, 2.24) is 9.97 Å². The molecule has 0 spiro atoms. The van der Waals surface area contributed by atoms with E-state index < -0.39 is 5.91 Å². The van der Waals surface area contributed by atoms with Crippen LogP contribution in [-0.4, -0.2) is 42.1 Å². The zero-order valence-corrected chi connectivity index (χ0v) is 16.2. The van der Waals surface area contributed by atoms with E-state index >= 15 is 0 Å². The summed E-state index contributed by atoms with van der Waals surface area (Å²) in [6, 6.07) is 16.2. The van der Waals surface area contributed by atoms with E-state index in [0.29, 0.717) is 43.5 Å². The minimum Gasteiger partial charge on any atom is -0.366 e. The van der Waals surface area contributed by atoms with Crippen molar-refractivity contribution in [1.29, 1.82) is 0 Å². The molecule has 1 aliphatic rings. The molecule has 2 N–H and O–H groups in total. The number of rotatable bonds is 4. The molecule has 148 valence electrons. The summed E-state index contributed by atoms with van der Waals surface area (Å²) in [7, 11) is 0. The van der Waals surface area contributed by atoms with E-state index in [9.17, 15) is 9.18 Å². The third-order valence-electron chi connectivity index (χ3n) is 5.14. The van der Waals surface area contributed by atoms with Crippen LogP contribution in [0, 0.1) is 12.7 Å². The Bertz CT molecular complexity index is 1050. The van der Waals surface area contributed by atoms with Crippen LogP contribution in [0.25, 0.3) is 11.3 Å². The fourth-order valence-electron chi connectivity index (χ4n) is 3.56. The molecule has 3 aromatic rings. The van der Waals surface area contributed by atoms with Crippen LogP contribution >= 0.6 is 0 Å². The molecule has 0 radical (unpaired) electrons. The number of nitrogens with two attached hydrogens (primary N) is 1. The summed E-state index contributed by atoms with van der Waals surface area (Å²) in [5, 5.41) is 0. The molecule has 1 amide bonds. The Morgan fingerprint density at radius 2 is 1.62 bits per heavy atom. The van der Waals surface area contributed by atoms with Gasteiger partial charge in [-0.1, -0.05) is 36.4 Å². The molecule has 2 heterocycles. The molecule has 4 rings (SSSR count). The number of benzene rings is 2. The van der Waals surface area contributed by atoms with Gasteiger partial charge in [-0.05, 0) is 30.7 Å². The number of anilines is 2. The average molecular weight is 391 g/mol. The van der Waals surface area contributed by atoms with Crippen molar-refractivity contribution in [3.63, 3.8) is 0 Å². The number of hydrogen-bond donors (Lipinski definition) is 1. The summed E-state index contributed by atoms with van der Waals surface area (Å²) in [5.74, 6) is -0.351. The zero-order valence-electron chi connectivity index (χ0n) is 16.2. The molecule has 0 aliphatic carbocycles. The van der Waals surface area contributed by atoms with Gasteiger partial charge in [0, 0.05) is 31.7 Å². The number of nitrogens with zero attached hydrogens (tertiary/aromatic N) is 4. The first-order chi connectivity index (χ1) is 14.0. The van der Waals surface area contributed by atoms with Crippen LogP contribution in [0.2, 0.25) is 0 Å². The Balaban J connectivity index is 1.61. The van der Waals surface area contributed by atoms with Crippen LogP contribution in [0.5, 0.6) is 0 Å². The van der Waals surface area contributed by atoms with Gasteiger partial charge in [-0.3, -0.25) is 4.79 Å². The second-order valence-electron chi connectivity index (χ2n) is 7.04. The lowest BCUT2D eigenvalue weighted by molar-refractivity contribution is 0.0995. The number of aromatic nitrogens is 2. The molecular formula is C22H22FN5O. The van der Waals surface area contributed by atoms with Crippen LogP contribution in [-0.2, 0) is 0 Å². The lowest BCUT2D eigenvalue weighted by atomic mass is 10.1. The second kappa shape index (κ2) is 7.87. The van der Waals surface area contributed by atoms with Crippen molar-refractivity contribution < 1.29 is 9.18 Å². The molecule has 2 aromatic carbocycles. The van der Waals surface area contributed by atoms with Gasteiger partial charge in [-0.2, -0.15) is 0 Å². The van der Waals surface area contributed by atoms with Gasteiger partial charge in [0.15, 0.2) is 0 Å². The van der Waals surface area contributed by atoms with Crippen molar-refractivity contribution >= 4 is 17.5 Å². The molecule has 7 heteroatoms. The SMILES string of the molecule is Cc1ccccc1-c1cc(C(N)=O)nc(N2CCN(c3ccccc3F)CC2)n1. The minimum absolute atomic E-state index is 0.185. The number of halogens is 1. The highest BCUT2D eigenvalue weighted by Crippen LogP contribution is 2.26. The van der Waals surface area contributed by atoms with E-state index in [-0.39, 0.29) is 11.5 Å². The van der Waals surface area contributed by atoms with Crippen molar-refractivity contribution in [3.8, 4) is 11.3 Å². The number of hydrogen-bond acceptors (Lipinski definition) is 5. The summed E-state index contributed by atoms with van der Waals surface area (Å²) in [6.45, 7) is 4.48. The Hall–Kier alpha value is -3.48. The first-order valence-electron chi connectivity index (χ1n) is 9.52. The van der Waals surface area contributed by atoms with Gasteiger partial charge in [0.1, 0.15) is 11.5 Å².